The molecule has 0 saturated carbocycles. The maximum absolute atomic E-state index is 14.3. The Morgan fingerprint density at radius 3 is 2.90 bits per heavy atom. The smallest absolute Gasteiger partial charge is 0.374 e. The highest BCUT2D eigenvalue weighted by molar-refractivity contribution is 5.86. The molecule has 2 heterocycles. The Bertz CT molecular complexity index is 695. The maximum atomic E-state index is 14.3. The molecule has 20 heavy (non-hydrogen) atoms. The first-order chi connectivity index (χ1) is 9.61. The van der Waals surface area contributed by atoms with Gasteiger partial charge in [0, 0.05) is 12.1 Å². The van der Waals surface area contributed by atoms with Gasteiger partial charge in [-0.1, -0.05) is 5.16 Å². The standard InChI is InChI=1S/C12H8FNO6/c1-17-6-3-7-11(19-4-18-7)9(10(6)13)5-2-8(12(15)16)20-14-5/h2-3H,4H2,1H3,(H,15,16). The number of carbonyl (C=O) groups is 1. The van der Waals surface area contributed by atoms with Crippen LogP contribution in [0.3, 0.4) is 0 Å². The van der Waals surface area contributed by atoms with Crippen LogP contribution in [0.1, 0.15) is 10.6 Å². The second-order valence-corrected chi connectivity index (χ2v) is 3.88. The fourth-order valence-electron chi connectivity index (χ4n) is 1.87. The number of carboxylic acids is 1. The van der Waals surface area contributed by atoms with Gasteiger partial charge < -0.3 is 23.8 Å². The van der Waals surface area contributed by atoms with Crippen molar-refractivity contribution < 1.29 is 33.0 Å². The van der Waals surface area contributed by atoms with E-state index in [4.69, 9.17) is 19.3 Å². The number of carboxylic acid groups (broad SMARTS) is 1. The van der Waals surface area contributed by atoms with E-state index in [-0.39, 0.29) is 35.3 Å². The molecule has 0 atom stereocenters. The molecule has 0 radical (unpaired) electrons. The van der Waals surface area contributed by atoms with Gasteiger partial charge in [-0.3, -0.25) is 0 Å². The van der Waals surface area contributed by atoms with Gasteiger partial charge >= 0.3 is 5.97 Å². The molecule has 1 N–H and O–H groups in total. The number of hydrogen-bond acceptors (Lipinski definition) is 6. The Labute approximate surface area is 111 Å². The second kappa shape index (κ2) is 4.41. The molecular weight excluding hydrogens is 273 g/mol. The minimum absolute atomic E-state index is 0.0134. The third-order valence-electron chi connectivity index (χ3n) is 2.76. The molecule has 0 fully saturated rings. The van der Waals surface area contributed by atoms with Gasteiger partial charge in [-0.25, -0.2) is 9.18 Å². The van der Waals surface area contributed by atoms with Gasteiger partial charge in [0.15, 0.2) is 23.1 Å². The molecule has 3 rings (SSSR count). The monoisotopic (exact) mass is 281 g/mol. The number of aromatic carboxylic acids is 1. The van der Waals surface area contributed by atoms with Gasteiger partial charge in [0.2, 0.25) is 12.6 Å². The van der Waals surface area contributed by atoms with Gasteiger partial charge in [-0.2, -0.15) is 0 Å². The van der Waals surface area contributed by atoms with Crippen LogP contribution in [0.5, 0.6) is 17.2 Å². The molecule has 0 saturated heterocycles. The normalized spacial score (nSPS) is 12.5. The third-order valence-corrected chi connectivity index (χ3v) is 2.76. The lowest BCUT2D eigenvalue weighted by molar-refractivity contribution is 0.0652. The number of ether oxygens (including phenoxy) is 3. The van der Waals surface area contributed by atoms with Gasteiger partial charge in [0.1, 0.15) is 5.69 Å². The molecule has 8 heteroatoms. The average molecular weight is 281 g/mol. The molecule has 0 amide bonds. The van der Waals surface area contributed by atoms with E-state index in [1.165, 1.54) is 13.2 Å². The first kappa shape index (κ1) is 12.3. The van der Waals surface area contributed by atoms with Gasteiger partial charge in [0.05, 0.1) is 12.7 Å². The Morgan fingerprint density at radius 2 is 2.25 bits per heavy atom. The van der Waals surface area contributed by atoms with Crippen molar-refractivity contribution in [1.82, 2.24) is 5.16 Å². The number of nitrogens with zero attached hydrogens (tertiary/aromatic N) is 1. The molecule has 0 unspecified atom stereocenters. The number of aromatic nitrogens is 1. The summed E-state index contributed by atoms with van der Waals surface area (Å²) in [4.78, 5) is 10.8. The zero-order chi connectivity index (χ0) is 14.3. The summed E-state index contributed by atoms with van der Waals surface area (Å²) in [6.45, 7) is -0.0709. The van der Waals surface area contributed by atoms with Crippen LogP contribution < -0.4 is 14.2 Å². The Hall–Kier alpha value is -2.77. The Morgan fingerprint density at radius 1 is 1.45 bits per heavy atom. The summed E-state index contributed by atoms with van der Waals surface area (Å²) < 4.78 is 34.2. The minimum atomic E-state index is -1.30. The largest absolute Gasteiger partial charge is 0.494 e. The Kier molecular flexibility index (Phi) is 2.70. The summed E-state index contributed by atoms with van der Waals surface area (Å²) in [7, 11) is 1.30. The number of halogens is 1. The van der Waals surface area contributed by atoms with Crippen LogP contribution in [0.15, 0.2) is 16.7 Å². The van der Waals surface area contributed by atoms with E-state index in [2.05, 4.69) is 9.68 Å². The summed E-state index contributed by atoms with van der Waals surface area (Å²) in [6.07, 6.45) is 0. The van der Waals surface area contributed by atoms with E-state index >= 15 is 0 Å². The van der Waals surface area contributed by atoms with Crippen LogP contribution >= 0.6 is 0 Å². The van der Waals surface area contributed by atoms with Crippen molar-refractivity contribution in [3.63, 3.8) is 0 Å². The van der Waals surface area contributed by atoms with Gasteiger partial charge in [-0.15, -0.1) is 0 Å². The van der Waals surface area contributed by atoms with E-state index in [0.717, 1.165) is 6.07 Å². The first-order valence-corrected chi connectivity index (χ1v) is 5.48. The van der Waals surface area contributed by atoms with E-state index in [1.807, 2.05) is 0 Å². The summed E-state index contributed by atoms with van der Waals surface area (Å²) in [5, 5.41) is 12.3. The lowest BCUT2D eigenvalue weighted by Gasteiger charge is -2.08. The topological polar surface area (TPSA) is 91.0 Å². The van der Waals surface area contributed by atoms with Crippen molar-refractivity contribution in [2.75, 3.05) is 13.9 Å². The van der Waals surface area contributed by atoms with Gasteiger partial charge in [0.25, 0.3) is 0 Å². The second-order valence-electron chi connectivity index (χ2n) is 3.88. The molecule has 0 spiro atoms. The molecule has 1 aliphatic rings. The van der Waals surface area contributed by atoms with Crippen molar-refractivity contribution >= 4 is 5.97 Å². The highest BCUT2D eigenvalue weighted by Crippen LogP contribution is 2.46. The van der Waals surface area contributed by atoms with Crippen LogP contribution in [0.2, 0.25) is 0 Å². The van der Waals surface area contributed by atoms with E-state index in [1.54, 1.807) is 0 Å². The molecular formula is C12H8FNO6. The zero-order valence-electron chi connectivity index (χ0n) is 10.2. The highest BCUT2D eigenvalue weighted by Gasteiger charge is 2.29. The molecule has 7 nitrogen and oxygen atoms in total. The summed E-state index contributed by atoms with van der Waals surface area (Å²) >= 11 is 0. The number of methoxy groups -OCH3 is 1. The average Bonchev–Trinajstić information content (AvgIpc) is 3.06. The number of fused-ring (bicyclic) bond motifs is 1. The highest BCUT2D eigenvalue weighted by atomic mass is 19.1. The summed E-state index contributed by atoms with van der Waals surface area (Å²) in [6, 6.07) is 2.45. The van der Waals surface area contributed by atoms with Crippen molar-refractivity contribution in [1.29, 1.82) is 0 Å². The van der Waals surface area contributed by atoms with Crippen LogP contribution in [0.4, 0.5) is 4.39 Å². The molecule has 104 valence electrons. The molecule has 2 aromatic rings. The number of benzene rings is 1. The van der Waals surface area contributed by atoms with E-state index in [0.29, 0.717) is 0 Å². The molecule has 1 aliphatic heterocycles. The van der Waals surface area contributed by atoms with Crippen molar-refractivity contribution in [2.45, 2.75) is 0 Å². The van der Waals surface area contributed by atoms with Crippen LogP contribution in [0.25, 0.3) is 11.3 Å². The predicted octanol–water partition coefficient (Wildman–Crippen LogP) is 1.92. The third kappa shape index (κ3) is 1.73. The minimum Gasteiger partial charge on any atom is -0.494 e. The zero-order valence-corrected chi connectivity index (χ0v) is 10.2. The molecule has 1 aromatic carbocycles. The maximum Gasteiger partial charge on any atom is 0.374 e. The number of rotatable bonds is 3. The lowest BCUT2D eigenvalue weighted by Crippen LogP contribution is -1.95. The van der Waals surface area contributed by atoms with Gasteiger partial charge in [-0.05, 0) is 0 Å². The molecule has 0 bridgehead atoms. The van der Waals surface area contributed by atoms with E-state index in [9.17, 15) is 9.18 Å². The fraction of sp³-hybridized carbons (Fsp3) is 0.167. The van der Waals surface area contributed by atoms with Crippen LogP contribution in [-0.2, 0) is 0 Å². The fourth-order valence-corrected chi connectivity index (χ4v) is 1.87. The van der Waals surface area contributed by atoms with Crippen LogP contribution in [0, 0.1) is 5.82 Å². The summed E-state index contributed by atoms with van der Waals surface area (Å²) in [5.41, 5.74) is -0.0753. The predicted molar refractivity (Wildman–Crippen MR) is 61.5 cm³/mol. The first-order valence-electron chi connectivity index (χ1n) is 5.48. The summed E-state index contributed by atoms with van der Waals surface area (Å²) in [5.74, 6) is -2.09. The quantitative estimate of drug-likeness (QED) is 0.918. The van der Waals surface area contributed by atoms with Crippen molar-refractivity contribution in [2.24, 2.45) is 0 Å². The SMILES string of the molecule is COc1cc2c(c(-c3cc(C(=O)O)on3)c1F)OCO2. The lowest BCUT2D eigenvalue weighted by atomic mass is 10.1. The molecule has 1 aromatic heterocycles. The molecule has 0 aliphatic carbocycles. The van der Waals surface area contributed by atoms with Crippen LogP contribution in [-0.4, -0.2) is 30.1 Å². The van der Waals surface area contributed by atoms with Crippen molar-refractivity contribution in [3.05, 3.63) is 23.7 Å². The Balaban J connectivity index is 2.21. The van der Waals surface area contributed by atoms with E-state index < -0.39 is 17.5 Å². The number of hydrogen-bond donors (Lipinski definition) is 1. The van der Waals surface area contributed by atoms with Crippen molar-refractivity contribution in [3.8, 4) is 28.5 Å².